The predicted molar refractivity (Wildman–Crippen MR) is 75.4 cm³/mol. The molecular weight excluding hydrogens is 272 g/mol. The Bertz CT molecular complexity index is 608. The smallest absolute Gasteiger partial charge is 0.309 e. The highest BCUT2D eigenvalue weighted by molar-refractivity contribution is 6.35. The average molecular weight is 288 g/mol. The van der Waals surface area contributed by atoms with Crippen LogP contribution in [0.1, 0.15) is 11.3 Å². The van der Waals surface area contributed by atoms with Crippen LogP contribution in [0.4, 0.5) is 0 Å². The molecule has 2 aromatic rings. The van der Waals surface area contributed by atoms with Crippen LogP contribution in [0.2, 0.25) is 0 Å². The second-order valence-corrected chi connectivity index (χ2v) is 4.30. The lowest BCUT2D eigenvalue weighted by Gasteiger charge is -2.07. The van der Waals surface area contributed by atoms with Crippen molar-refractivity contribution in [3.8, 4) is 5.75 Å². The van der Waals surface area contributed by atoms with E-state index in [2.05, 4.69) is 10.6 Å². The molecule has 1 heterocycles. The Morgan fingerprint density at radius 1 is 1.10 bits per heavy atom. The number of carbonyl (C=O) groups is 2. The summed E-state index contributed by atoms with van der Waals surface area (Å²) in [5.41, 5.74) is 0.849. The van der Waals surface area contributed by atoms with Gasteiger partial charge in [0.1, 0.15) is 11.5 Å². The topological polar surface area (TPSA) is 80.6 Å². The Balaban J connectivity index is 1.79. The van der Waals surface area contributed by atoms with Crippen LogP contribution in [0.5, 0.6) is 5.75 Å². The molecule has 2 rings (SSSR count). The van der Waals surface area contributed by atoms with E-state index in [1.165, 1.54) is 6.26 Å². The second kappa shape index (κ2) is 7.14. The summed E-state index contributed by atoms with van der Waals surface area (Å²) in [6, 6.07) is 10.7. The summed E-state index contributed by atoms with van der Waals surface area (Å²) >= 11 is 0. The van der Waals surface area contributed by atoms with Gasteiger partial charge in [0.2, 0.25) is 0 Å². The molecule has 0 fully saturated rings. The van der Waals surface area contributed by atoms with Gasteiger partial charge >= 0.3 is 11.8 Å². The van der Waals surface area contributed by atoms with Crippen molar-refractivity contribution < 1.29 is 18.7 Å². The highest BCUT2D eigenvalue weighted by Gasteiger charge is 2.13. The molecule has 1 aromatic carbocycles. The lowest BCUT2D eigenvalue weighted by molar-refractivity contribution is -0.139. The number of rotatable bonds is 5. The van der Waals surface area contributed by atoms with Crippen molar-refractivity contribution in [1.82, 2.24) is 10.6 Å². The SMILES string of the molecule is COc1cccc(CNC(=O)C(=O)NCc2ccco2)c1. The first-order chi connectivity index (χ1) is 10.2. The molecular formula is C15H16N2O4. The van der Waals surface area contributed by atoms with Gasteiger partial charge in [0.25, 0.3) is 0 Å². The first-order valence-corrected chi connectivity index (χ1v) is 6.40. The number of amides is 2. The van der Waals surface area contributed by atoms with Gasteiger partial charge in [-0.15, -0.1) is 0 Å². The summed E-state index contributed by atoms with van der Waals surface area (Å²) in [4.78, 5) is 23.2. The van der Waals surface area contributed by atoms with E-state index in [1.54, 1.807) is 31.4 Å². The fraction of sp³-hybridized carbons (Fsp3) is 0.200. The standard InChI is InChI=1S/C15H16N2O4/c1-20-12-5-2-4-11(8-12)9-16-14(18)15(19)17-10-13-6-3-7-21-13/h2-8H,9-10H2,1H3,(H,16,18)(H,17,19). The Kier molecular flexibility index (Phi) is 4.98. The van der Waals surface area contributed by atoms with E-state index >= 15 is 0 Å². The quantitative estimate of drug-likeness (QED) is 0.811. The van der Waals surface area contributed by atoms with Crippen LogP contribution in [0.3, 0.4) is 0 Å². The van der Waals surface area contributed by atoms with Crippen molar-refractivity contribution in [2.45, 2.75) is 13.1 Å². The van der Waals surface area contributed by atoms with Crippen LogP contribution >= 0.6 is 0 Å². The molecule has 0 aliphatic carbocycles. The molecule has 0 bridgehead atoms. The number of hydrogen-bond acceptors (Lipinski definition) is 4. The molecule has 0 aliphatic heterocycles. The minimum absolute atomic E-state index is 0.179. The summed E-state index contributed by atoms with van der Waals surface area (Å²) in [6.45, 7) is 0.433. The number of nitrogens with one attached hydrogen (secondary N) is 2. The summed E-state index contributed by atoms with van der Waals surface area (Å²) in [5.74, 6) is -0.105. The van der Waals surface area contributed by atoms with Gasteiger partial charge in [-0.25, -0.2) is 0 Å². The molecule has 0 radical (unpaired) electrons. The monoisotopic (exact) mass is 288 g/mol. The van der Waals surface area contributed by atoms with E-state index in [-0.39, 0.29) is 13.1 Å². The van der Waals surface area contributed by atoms with E-state index in [0.29, 0.717) is 11.5 Å². The molecule has 0 aliphatic rings. The van der Waals surface area contributed by atoms with Gasteiger partial charge in [0.15, 0.2) is 0 Å². The minimum Gasteiger partial charge on any atom is -0.497 e. The molecule has 0 spiro atoms. The maximum absolute atomic E-state index is 11.6. The van der Waals surface area contributed by atoms with Crippen molar-refractivity contribution in [3.05, 3.63) is 54.0 Å². The molecule has 0 saturated carbocycles. The summed E-state index contributed by atoms with van der Waals surface area (Å²) in [7, 11) is 1.57. The van der Waals surface area contributed by atoms with Crippen LogP contribution in [0, 0.1) is 0 Å². The van der Waals surface area contributed by atoms with E-state index in [9.17, 15) is 9.59 Å². The average Bonchev–Trinajstić information content (AvgIpc) is 3.03. The third kappa shape index (κ3) is 4.38. The summed E-state index contributed by atoms with van der Waals surface area (Å²) in [5, 5.41) is 5.02. The lowest BCUT2D eigenvalue weighted by atomic mass is 10.2. The fourth-order valence-electron chi connectivity index (χ4n) is 1.71. The van der Waals surface area contributed by atoms with Crippen molar-refractivity contribution in [3.63, 3.8) is 0 Å². The number of carbonyl (C=O) groups excluding carboxylic acids is 2. The largest absolute Gasteiger partial charge is 0.497 e. The number of furan rings is 1. The zero-order valence-electron chi connectivity index (χ0n) is 11.6. The van der Waals surface area contributed by atoms with Crippen LogP contribution < -0.4 is 15.4 Å². The maximum Gasteiger partial charge on any atom is 0.309 e. The molecule has 0 unspecified atom stereocenters. The third-order valence-electron chi connectivity index (χ3n) is 2.80. The van der Waals surface area contributed by atoms with Gasteiger partial charge in [0.05, 0.1) is 19.9 Å². The molecule has 21 heavy (non-hydrogen) atoms. The molecule has 0 saturated heterocycles. The Labute approximate surface area is 122 Å². The number of hydrogen-bond donors (Lipinski definition) is 2. The Hall–Kier alpha value is -2.76. The first kappa shape index (κ1) is 14.6. The van der Waals surface area contributed by atoms with Gasteiger partial charge in [0, 0.05) is 6.54 Å². The van der Waals surface area contributed by atoms with Gasteiger partial charge in [-0.3, -0.25) is 9.59 Å². The second-order valence-electron chi connectivity index (χ2n) is 4.30. The third-order valence-corrected chi connectivity index (χ3v) is 2.80. The number of methoxy groups -OCH3 is 1. The molecule has 6 heteroatoms. The van der Waals surface area contributed by atoms with Crippen LogP contribution in [-0.2, 0) is 22.7 Å². The summed E-state index contributed by atoms with van der Waals surface area (Å²) < 4.78 is 10.1. The van der Waals surface area contributed by atoms with Gasteiger partial charge in [-0.1, -0.05) is 12.1 Å². The zero-order chi connectivity index (χ0) is 15.1. The molecule has 2 amide bonds. The fourth-order valence-corrected chi connectivity index (χ4v) is 1.71. The Morgan fingerprint density at radius 3 is 2.52 bits per heavy atom. The van der Waals surface area contributed by atoms with E-state index < -0.39 is 11.8 Å². The first-order valence-electron chi connectivity index (χ1n) is 6.40. The highest BCUT2D eigenvalue weighted by Crippen LogP contribution is 2.11. The number of benzene rings is 1. The van der Waals surface area contributed by atoms with Crippen LogP contribution in [0.15, 0.2) is 47.1 Å². The van der Waals surface area contributed by atoms with Gasteiger partial charge < -0.3 is 19.8 Å². The predicted octanol–water partition coefficient (Wildman–Crippen LogP) is 1.22. The van der Waals surface area contributed by atoms with E-state index in [0.717, 1.165) is 5.56 Å². The van der Waals surface area contributed by atoms with E-state index in [1.807, 2.05) is 12.1 Å². The molecule has 110 valence electrons. The van der Waals surface area contributed by atoms with Crippen molar-refractivity contribution in [1.29, 1.82) is 0 Å². The molecule has 6 nitrogen and oxygen atoms in total. The highest BCUT2D eigenvalue weighted by atomic mass is 16.5. The van der Waals surface area contributed by atoms with Crippen molar-refractivity contribution >= 4 is 11.8 Å². The van der Waals surface area contributed by atoms with Crippen LogP contribution in [-0.4, -0.2) is 18.9 Å². The zero-order valence-corrected chi connectivity index (χ0v) is 11.6. The van der Waals surface area contributed by atoms with Gasteiger partial charge in [-0.2, -0.15) is 0 Å². The lowest BCUT2D eigenvalue weighted by Crippen LogP contribution is -2.39. The van der Waals surface area contributed by atoms with E-state index in [4.69, 9.17) is 9.15 Å². The van der Waals surface area contributed by atoms with Gasteiger partial charge in [-0.05, 0) is 29.8 Å². The molecule has 1 aromatic heterocycles. The Morgan fingerprint density at radius 2 is 1.86 bits per heavy atom. The van der Waals surface area contributed by atoms with Crippen molar-refractivity contribution in [2.75, 3.05) is 7.11 Å². The molecule has 0 atom stereocenters. The van der Waals surface area contributed by atoms with Crippen molar-refractivity contribution in [2.24, 2.45) is 0 Å². The maximum atomic E-state index is 11.6. The molecule has 2 N–H and O–H groups in total. The summed E-state index contributed by atoms with van der Waals surface area (Å²) in [6.07, 6.45) is 1.50. The minimum atomic E-state index is -0.700. The van der Waals surface area contributed by atoms with Crippen LogP contribution in [0.25, 0.3) is 0 Å². The normalized spacial score (nSPS) is 9.95. The number of ether oxygens (including phenoxy) is 1.